The summed E-state index contributed by atoms with van der Waals surface area (Å²) in [4.78, 5) is 4.51. The van der Waals surface area contributed by atoms with Gasteiger partial charge in [-0.1, -0.05) is 26.8 Å². The molecule has 3 nitrogen and oxygen atoms in total. The van der Waals surface area contributed by atoms with Crippen LogP contribution in [0.2, 0.25) is 0 Å². The number of nitrogens with zero attached hydrogens (tertiary/aromatic N) is 1. The van der Waals surface area contributed by atoms with Crippen LogP contribution >= 0.6 is 0 Å². The highest BCUT2D eigenvalue weighted by Gasteiger charge is 2.07. The van der Waals surface area contributed by atoms with E-state index in [0.29, 0.717) is 12.0 Å². The Balaban J connectivity index is 2.59. The van der Waals surface area contributed by atoms with E-state index in [1.54, 1.807) is 0 Å². The van der Waals surface area contributed by atoms with Crippen molar-refractivity contribution in [2.45, 2.75) is 40.2 Å². The largest absolute Gasteiger partial charge is 0.370 e. The lowest BCUT2D eigenvalue weighted by molar-refractivity contribution is 0.558. The number of pyridine rings is 1. The third-order valence-corrected chi connectivity index (χ3v) is 2.68. The number of rotatable bonds is 6. The van der Waals surface area contributed by atoms with Crippen molar-refractivity contribution in [1.82, 2.24) is 4.98 Å². The summed E-state index contributed by atoms with van der Waals surface area (Å²) in [6.07, 6.45) is 1.11. The van der Waals surface area contributed by atoms with Crippen molar-refractivity contribution in [2.24, 2.45) is 5.92 Å². The predicted octanol–water partition coefficient (Wildman–Crippen LogP) is 3.36. The lowest BCUT2D eigenvalue weighted by atomic mass is 10.1. The second-order valence-electron chi connectivity index (χ2n) is 4.51. The van der Waals surface area contributed by atoms with Crippen LogP contribution < -0.4 is 10.6 Å². The van der Waals surface area contributed by atoms with E-state index in [0.717, 1.165) is 24.6 Å². The molecule has 0 aliphatic rings. The molecule has 1 aromatic heterocycles. The van der Waals surface area contributed by atoms with E-state index in [1.807, 2.05) is 18.2 Å². The first-order valence-corrected chi connectivity index (χ1v) is 6.11. The fraction of sp³-hybridized carbons (Fsp3) is 0.615. The monoisotopic (exact) mass is 221 g/mol. The second-order valence-corrected chi connectivity index (χ2v) is 4.51. The predicted molar refractivity (Wildman–Crippen MR) is 70.9 cm³/mol. The van der Waals surface area contributed by atoms with Gasteiger partial charge in [-0.15, -0.1) is 0 Å². The number of nitrogens with one attached hydrogen (secondary N) is 2. The van der Waals surface area contributed by atoms with E-state index >= 15 is 0 Å². The molecule has 1 rings (SSSR count). The summed E-state index contributed by atoms with van der Waals surface area (Å²) in [7, 11) is 0. The SMILES string of the molecule is CCCNc1cccc(NC(C)C(C)C)n1. The number of hydrogen-bond donors (Lipinski definition) is 2. The van der Waals surface area contributed by atoms with Crippen LogP contribution in [0.1, 0.15) is 34.1 Å². The van der Waals surface area contributed by atoms with Gasteiger partial charge in [0.25, 0.3) is 0 Å². The zero-order chi connectivity index (χ0) is 12.0. The van der Waals surface area contributed by atoms with Crippen molar-refractivity contribution in [3.05, 3.63) is 18.2 Å². The van der Waals surface area contributed by atoms with E-state index in [9.17, 15) is 0 Å². The standard InChI is InChI=1S/C13H23N3/c1-5-9-14-12-7-6-8-13(16-12)15-11(4)10(2)3/h6-8,10-11H,5,9H2,1-4H3,(H2,14,15,16). The van der Waals surface area contributed by atoms with Crippen LogP contribution in [0.15, 0.2) is 18.2 Å². The summed E-state index contributed by atoms with van der Waals surface area (Å²) in [6, 6.07) is 6.48. The summed E-state index contributed by atoms with van der Waals surface area (Å²) in [5, 5.41) is 6.69. The Labute approximate surface area is 98.7 Å². The van der Waals surface area contributed by atoms with Crippen LogP contribution in [-0.4, -0.2) is 17.6 Å². The molecule has 2 N–H and O–H groups in total. The van der Waals surface area contributed by atoms with E-state index in [1.165, 1.54) is 0 Å². The van der Waals surface area contributed by atoms with Crippen LogP contribution in [-0.2, 0) is 0 Å². The van der Waals surface area contributed by atoms with Gasteiger partial charge in [-0.25, -0.2) is 4.98 Å². The first-order chi connectivity index (χ1) is 7.63. The molecule has 0 aromatic carbocycles. The molecule has 90 valence electrons. The fourth-order valence-corrected chi connectivity index (χ4v) is 1.27. The van der Waals surface area contributed by atoms with Crippen molar-refractivity contribution in [3.8, 4) is 0 Å². The van der Waals surface area contributed by atoms with Crippen LogP contribution in [0.3, 0.4) is 0 Å². The van der Waals surface area contributed by atoms with Gasteiger partial charge in [0, 0.05) is 12.6 Å². The number of aromatic nitrogens is 1. The van der Waals surface area contributed by atoms with Crippen molar-refractivity contribution in [3.63, 3.8) is 0 Å². The van der Waals surface area contributed by atoms with E-state index < -0.39 is 0 Å². The van der Waals surface area contributed by atoms with Gasteiger partial charge in [0.05, 0.1) is 0 Å². The van der Waals surface area contributed by atoms with E-state index in [-0.39, 0.29) is 0 Å². The number of hydrogen-bond acceptors (Lipinski definition) is 3. The molecule has 0 bridgehead atoms. The summed E-state index contributed by atoms with van der Waals surface area (Å²) >= 11 is 0. The third-order valence-electron chi connectivity index (χ3n) is 2.68. The molecule has 1 aromatic rings. The Bertz CT molecular complexity index is 310. The molecule has 16 heavy (non-hydrogen) atoms. The molecule has 0 amide bonds. The van der Waals surface area contributed by atoms with Gasteiger partial charge < -0.3 is 10.6 Å². The average molecular weight is 221 g/mol. The minimum atomic E-state index is 0.439. The highest BCUT2D eigenvalue weighted by molar-refractivity contribution is 5.45. The Kier molecular flexibility index (Phi) is 5.09. The van der Waals surface area contributed by atoms with E-state index in [2.05, 4.69) is 43.3 Å². The van der Waals surface area contributed by atoms with Crippen LogP contribution in [0.25, 0.3) is 0 Å². The first kappa shape index (κ1) is 12.8. The Morgan fingerprint density at radius 3 is 2.50 bits per heavy atom. The molecule has 0 spiro atoms. The van der Waals surface area contributed by atoms with Gasteiger partial charge in [-0.2, -0.15) is 0 Å². The smallest absolute Gasteiger partial charge is 0.128 e. The highest BCUT2D eigenvalue weighted by atomic mass is 15.1. The minimum absolute atomic E-state index is 0.439. The second kappa shape index (κ2) is 6.36. The van der Waals surface area contributed by atoms with Crippen LogP contribution in [0.5, 0.6) is 0 Å². The molecule has 0 saturated carbocycles. The maximum Gasteiger partial charge on any atom is 0.128 e. The van der Waals surface area contributed by atoms with Gasteiger partial charge in [0.15, 0.2) is 0 Å². The Morgan fingerprint density at radius 2 is 1.88 bits per heavy atom. The van der Waals surface area contributed by atoms with Crippen LogP contribution in [0.4, 0.5) is 11.6 Å². The van der Waals surface area contributed by atoms with Crippen molar-refractivity contribution < 1.29 is 0 Å². The van der Waals surface area contributed by atoms with Gasteiger partial charge >= 0.3 is 0 Å². The highest BCUT2D eigenvalue weighted by Crippen LogP contribution is 2.12. The quantitative estimate of drug-likeness (QED) is 0.773. The molecule has 1 heterocycles. The van der Waals surface area contributed by atoms with Crippen molar-refractivity contribution in [1.29, 1.82) is 0 Å². The summed E-state index contributed by atoms with van der Waals surface area (Å²) < 4.78 is 0. The molecule has 0 aliphatic carbocycles. The molecule has 0 saturated heterocycles. The van der Waals surface area contributed by atoms with Crippen LogP contribution in [0, 0.1) is 5.92 Å². The topological polar surface area (TPSA) is 37.0 Å². The molecule has 3 heteroatoms. The lowest BCUT2D eigenvalue weighted by Crippen LogP contribution is -2.22. The summed E-state index contributed by atoms with van der Waals surface area (Å²) in [6.45, 7) is 9.71. The summed E-state index contributed by atoms with van der Waals surface area (Å²) in [5.74, 6) is 2.50. The third kappa shape index (κ3) is 4.09. The van der Waals surface area contributed by atoms with Crippen molar-refractivity contribution >= 4 is 11.6 Å². The lowest BCUT2D eigenvalue weighted by Gasteiger charge is -2.18. The molecule has 0 radical (unpaired) electrons. The Hall–Kier alpha value is -1.25. The first-order valence-electron chi connectivity index (χ1n) is 6.11. The fourth-order valence-electron chi connectivity index (χ4n) is 1.27. The van der Waals surface area contributed by atoms with Crippen molar-refractivity contribution in [2.75, 3.05) is 17.2 Å². The zero-order valence-corrected chi connectivity index (χ0v) is 10.7. The molecule has 0 aliphatic heterocycles. The minimum Gasteiger partial charge on any atom is -0.370 e. The Morgan fingerprint density at radius 1 is 1.19 bits per heavy atom. The molecular formula is C13H23N3. The molecular weight excluding hydrogens is 198 g/mol. The zero-order valence-electron chi connectivity index (χ0n) is 10.7. The van der Waals surface area contributed by atoms with Gasteiger partial charge in [-0.3, -0.25) is 0 Å². The summed E-state index contributed by atoms with van der Waals surface area (Å²) in [5.41, 5.74) is 0. The van der Waals surface area contributed by atoms with E-state index in [4.69, 9.17) is 0 Å². The molecule has 1 atom stereocenters. The van der Waals surface area contributed by atoms with Gasteiger partial charge in [-0.05, 0) is 31.4 Å². The molecule has 0 fully saturated rings. The number of anilines is 2. The maximum absolute atomic E-state index is 4.51. The average Bonchev–Trinajstić information content (AvgIpc) is 2.26. The normalized spacial score (nSPS) is 12.6. The van der Waals surface area contributed by atoms with Gasteiger partial charge in [0.2, 0.25) is 0 Å². The van der Waals surface area contributed by atoms with Gasteiger partial charge in [0.1, 0.15) is 11.6 Å². The maximum atomic E-state index is 4.51. The molecule has 1 unspecified atom stereocenters.